The Kier molecular flexibility index (Phi) is 2.39. The maximum atomic E-state index is 5.78. The monoisotopic (exact) mass is 281 g/mol. The van der Waals surface area contributed by atoms with Gasteiger partial charge < -0.3 is 9.47 Å². The van der Waals surface area contributed by atoms with E-state index in [0.717, 1.165) is 22.7 Å². The number of benzene rings is 2. The SMILES string of the molecule is COc1ccc(C2(C)NN=C3Oc4ccccc4N32)cc1. The van der Waals surface area contributed by atoms with Crippen molar-refractivity contribution in [2.24, 2.45) is 5.10 Å². The first-order chi connectivity index (χ1) is 10.2. The smallest absolute Gasteiger partial charge is 0.321 e. The zero-order chi connectivity index (χ0) is 14.4. The lowest BCUT2D eigenvalue weighted by atomic mass is 10.00. The quantitative estimate of drug-likeness (QED) is 0.919. The Hall–Kier alpha value is -2.69. The van der Waals surface area contributed by atoms with E-state index < -0.39 is 5.66 Å². The normalized spacial score (nSPS) is 22.0. The summed E-state index contributed by atoms with van der Waals surface area (Å²) in [7, 11) is 1.66. The molecule has 0 spiro atoms. The third-order valence-corrected chi connectivity index (χ3v) is 3.97. The van der Waals surface area contributed by atoms with Crippen molar-refractivity contribution >= 4 is 11.7 Å². The number of nitrogens with zero attached hydrogens (tertiary/aromatic N) is 2. The molecular weight excluding hydrogens is 266 g/mol. The van der Waals surface area contributed by atoms with E-state index in [0.29, 0.717) is 6.02 Å². The van der Waals surface area contributed by atoms with Crippen LogP contribution in [0.4, 0.5) is 5.69 Å². The van der Waals surface area contributed by atoms with Crippen molar-refractivity contribution in [2.75, 3.05) is 12.0 Å². The topological polar surface area (TPSA) is 46.1 Å². The zero-order valence-corrected chi connectivity index (χ0v) is 11.8. The first kappa shape index (κ1) is 12.1. The van der Waals surface area contributed by atoms with Crippen LogP contribution in [-0.2, 0) is 5.66 Å². The van der Waals surface area contributed by atoms with Gasteiger partial charge in [-0.1, -0.05) is 24.3 Å². The van der Waals surface area contributed by atoms with Crippen molar-refractivity contribution in [3.63, 3.8) is 0 Å². The second kappa shape index (κ2) is 4.15. The fourth-order valence-electron chi connectivity index (χ4n) is 2.80. The van der Waals surface area contributed by atoms with E-state index in [-0.39, 0.29) is 0 Å². The van der Waals surface area contributed by atoms with Crippen molar-refractivity contribution in [3.8, 4) is 11.5 Å². The van der Waals surface area contributed by atoms with E-state index in [1.54, 1.807) is 7.11 Å². The number of fused-ring (bicyclic) bond motifs is 3. The van der Waals surface area contributed by atoms with E-state index in [2.05, 4.69) is 22.4 Å². The average Bonchev–Trinajstić information content (AvgIpc) is 3.06. The Bertz CT molecular complexity index is 727. The Morgan fingerprint density at radius 1 is 1.14 bits per heavy atom. The molecule has 0 aromatic heterocycles. The van der Waals surface area contributed by atoms with Crippen molar-refractivity contribution in [2.45, 2.75) is 12.6 Å². The van der Waals surface area contributed by atoms with Crippen LogP contribution in [0.3, 0.4) is 0 Å². The molecule has 2 heterocycles. The number of methoxy groups -OCH3 is 1. The molecule has 0 fully saturated rings. The van der Waals surface area contributed by atoms with Gasteiger partial charge in [0.2, 0.25) is 0 Å². The first-order valence-electron chi connectivity index (χ1n) is 6.79. The van der Waals surface area contributed by atoms with Crippen LogP contribution in [0.25, 0.3) is 0 Å². The molecule has 0 saturated heterocycles. The van der Waals surface area contributed by atoms with Crippen LogP contribution >= 0.6 is 0 Å². The van der Waals surface area contributed by atoms with Gasteiger partial charge >= 0.3 is 6.02 Å². The highest BCUT2D eigenvalue weighted by Crippen LogP contribution is 2.44. The van der Waals surface area contributed by atoms with Crippen molar-refractivity contribution < 1.29 is 9.47 Å². The Labute approximate surface area is 122 Å². The number of hydrogen-bond donors (Lipinski definition) is 1. The highest BCUT2D eigenvalue weighted by Gasteiger charge is 2.47. The predicted octanol–water partition coefficient (Wildman–Crippen LogP) is 2.64. The lowest BCUT2D eigenvalue weighted by Crippen LogP contribution is -2.48. The number of nitrogens with one attached hydrogen (secondary N) is 1. The van der Waals surface area contributed by atoms with Gasteiger partial charge in [0, 0.05) is 0 Å². The lowest BCUT2D eigenvalue weighted by Gasteiger charge is -2.33. The number of anilines is 1. The minimum absolute atomic E-state index is 0.478. The van der Waals surface area contributed by atoms with Crippen molar-refractivity contribution in [3.05, 3.63) is 54.1 Å². The molecule has 2 aliphatic rings. The molecule has 0 radical (unpaired) electrons. The van der Waals surface area contributed by atoms with Gasteiger partial charge in [-0.25, -0.2) is 0 Å². The molecule has 1 atom stereocenters. The second-order valence-electron chi connectivity index (χ2n) is 5.21. The first-order valence-corrected chi connectivity index (χ1v) is 6.79. The lowest BCUT2D eigenvalue weighted by molar-refractivity contribution is 0.408. The maximum absolute atomic E-state index is 5.78. The molecule has 0 bridgehead atoms. The van der Waals surface area contributed by atoms with E-state index in [1.807, 2.05) is 48.5 Å². The molecule has 106 valence electrons. The molecule has 5 heteroatoms. The summed E-state index contributed by atoms with van der Waals surface area (Å²) >= 11 is 0. The third kappa shape index (κ3) is 1.60. The van der Waals surface area contributed by atoms with Gasteiger partial charge in [0.25, 0.3) is 0 Å². The molecule has 2 aromatic rings. The van der Waals surface area contributed by atoms with Crippen LogP contribution in [0, 0.1) is 0 Å². The van der Waals surface area contributed by atoms with E-state index in [9.17, 15) is 0 Å². The van der Waals surface area contributed by atoms with Gasteiger partial charge in [0.15, 0.2) is 11.4 Å². The minimum Gasteiger partial charge on any atom is -0.497 e. The van der Waals surface area contributed by atoms with Crippen LogP contribution in [0.2, 0.25) is 0 Å². The summed E-state index contributed by atoms with van der Waals surface area (Å²) in [4.78, 5) is 2.07. The van der Waals surface area contributed by atoms with Gasteiger partial charge in [-0.3, -0.25) is 10.3 Å². The van der Waals surface area contributed by atoms with Crippen molar-refractivity contribution in [1.29, 1.82) is 0 Å². The van der Waals surface area contributed by atoms with Gasteiger partial charge in [0.05, 0.1) is 12.8 Å². The summed E-state index contributed by atoms with van der Waals surface area (Å²) < 4.78 is 11.0. The number of para-hydroxylation sites is 2. The molecule has 1 unspecified atom stereocenters. The van der Waals surface area contributed by atoms with Gasteiger partial charge in [0.1, 0.15) is 5.75 Å². The summed E-state index contributed by atoms with van der Waals surface area (Å²) in [5, 5.41) is 4.32. The van der Waals surface area contributed by atoms with Crippen LogP contribution in [0.15, 0.2) is 53.6 Å². The van der Waals surface area contributed by atoms with Gasteiger partial charge in [-0.2, -0.15) is 0 Å². The van der Waals surface area contributed by atoms with E-state index in [4.69, 9.17) is 9.47 Å². The molecule has 0 saturated carbocycles. The summed E-state index contributed by atoms with van der Waals surface area (Å²) in [5.74, 6) is 1.66. The molecule has 4 rings (SSSR count). The molecule has 21 heavy (non-hydrogen) atoms. The highest BCUT2D eigenvalue weighted by atomic mass is 16.5. The minimum atomic E-state index is -0.478. The fraction of sp³-hybridized carbons (Fsp3) is 0.188. The molecule has 2 aliphatic heterocycles. The number of hydrazone groups is 1. The van der Waals surface area contributed by atoms with Crippen LogP contribution in [0.1, 0.15) is 12.5 Å². The van der Waals surface area contributed by atoms with Gasteiger partial charge in [-0.15, -0.1) is 5.10 Å². The summed E-state index contributed by atoms with van der Waals surface area (Å²) in [6.07, 6.45) is 0. The van der Waals surface area contributed by atoms with Gasteiger partial charge in [-0.05, 0) is 36.8 Å². The third-order valence-electron chi connectivity index (χ3n) is 3.97. The molecule has 0 aliphatic carbocycles. The second-order valence-corrected chi connectivity index (χ2v) is 5.21. The highest BCUT2D eigenvalue weighted by molar-refractivity contribution is 6.02. The number of ether oxygens (including phenoxy) is 2. The summed E-state index contributed by atoms with van der Waals surface area (Å²) in [6.45, 7) is 2.08. The molecule has 5 nitrogen and oxygen atoms in total. The van der Waals surface area contributed by atoms with Crippen molar-refractivity contribution in [1.82, 2.24) is 5.43 Å². The molecule has 2 aromatic carbocycles. The summed E-state index contributed by atoms with van der Waals surface area (Å²) in [5.41, 5.74) is 4.80. The molecular formula is C16H15N3O2. The Balaban J connectivity index is 1.79. The molecule has 1 N–H and O–H groups in total. The maximum Gasteiger partial charge on any atom is 0.321 e. The van der Waals surface area contributed by atoms with E-state index >= 15 is 0 Å². The van der Waals surface area contributed by atoms with E-state index in [1.165, 1.54) is 0 Å². The number of rotatable bonds is 2. The Morgan fingerprint density at radius 3 is 2.67 bits per heavy atom. The number of amidine groups is 1. The fourth-order valence-corrected chi connectivity index (χ4v) is 2.80. The molecule has 0 amide bonds. The Morgan fingerprint density at radius 2 is 1.90 bits per heavy atom. The number of hydrogen-bond acceptors (Lipinski definition) is 5. The predicted molar refractivity (Wildman–Crippen MR) is 80.5 cm³/mol. The largest absolute Gasteiger partial charge is 0.497 e. The zero-order valence-electron chi connectivity index (χ0n) is 11.8. The standard InChI is InChI=1S/C16H15N3O2/c1-16(11-7-9-12(20-2)10-8-11)18-17-15-19(16)13-5-3-4-6-14(13)21-15/h3-10,18H,1-2H3. The summed E-state index contributed by atoms with van der Waals surface area (Å²) in [6, 6.07) is 16.5. The van der Waals surface area contributed by atoms with Crippen LogP contribution < -0.4 is 19.8 Å². The van der Waals surface area contributed by atoms with Crippen LogP contribution in [0.5, 0.6) is 11.5 Å². The average molecular weight is 281 g/mol. The van der Waals surface area contributed by atoms with Crippen LogP contribution in [-0.4, -0.2) is 13.1 Å².